The summed E-state index contributed by atoms with van der Waals surface area (Å²) < 4.78 is 10.4. The fourth-order valence-electron chi connectivity index (χ4n) is 3.07. The summed E-state index contributed by atoms with van der Waals surface area (Å²) >= 11 is 0. The topological polar surface area (TPSA) is 161 Å². The van der Waals surface area contributed by atoms with Crippen molar-refractivity contribution in [2.45, 2.75) is 52.7 Å². The number of amides is 4. The van der Waals surface area contributed by atoms with Crippen molar-refractivity contribution in [3.05, 3.63) is 72.3 Å². The molecule has 0 fully saturated rings. The van der Waals surface area contributed by atoms with E-state index in [0.29, 0.717) is 22.7 Å². The molecule has 12 heteroatoms. The Kier molecular flexibility index (Phi) is 9.04. The summed E-state index contributed by atoms with van der Waals surface area (Å²) in [6.07, 6.45) is 1.21. The first kappa shape index (κ1) is 29.6. The van der Waals surface area contributed by atoms with Gasteiger partial charge in [-0.05, 0) is 90.1 Å². The van der Waals surface area contributed by atoms with Gasteiger partial charge in [0.1, 0.15) is 22.6 Å². The van der Waals surface area contributed by atoms with Gasteiger partial charge in [0.15, 0.2) is 0 Å². The van der Waals surface area contributed by atoms with Crippen LogP contribution < -0.4 is 21.3 Å². The average molecular weight is 549 g/mol. The van der Waals surface area contributed by atoms with Gasteiger partial charge in [-0.3, -0.25) is 20.2 Å². The maximum atomic E-state index is 12.5. The van der Waals surface area contributed by atoms with Gasteiger partial charge in [-0.25, -0.2) is 19.6 Å². The number of hydrogen-bond donors (Lipinski definition) is 4. The first-order valence-corrected chi connectivity index (χ1v) is 12.3. The summed E-state index contributed by atoms with van der Waals surface area (Å²) in [6.45, 7) is 10.6. The number of hydrogen-bond acceptors (Lipinski definition) is 8. The molecule has 0 bridgehead atoms. The highest BCUT2D eigenvalue weighted by Gasteiger charge is 2.18. The molecule has 210 valence electrons. The van der Waals surface area contributed by atoms with Crippen LogP contribution in [0.1, 0.15) is 62.5 Å². The number of carbonyl (C=O) groups excluding carboxylic acids is 4. The van der Waals surface area contributed by atoms with Crippen molar-refractivity contribution in [1.82, 2.24) is 9.97 Å². The highest BCUT2D eigenvalue weighted by Crippen LogP contribution is 2.18. The summed E-state index contributed by atoms with van der Waals surface area (Å²) in [5, 5.41) is 10.6. The van der Waals surface area contributed by atoms with Crippen molar-refractivity contribution >= 4 is 46.8 Å². The molecule has 40 heavy (non-hydrogen) atoms. The van der Waals surface area contributed by atoms with Crippen molar-refractivity contribution in [2.75, 3.05) is 21.3 Å². The summed E-state index contributed by atoms with van der Waals surface area (Å²) in [5.41, 5.74) is 0.690. The predicted octanol–water partition coefficient (Wildman–Crippen LogP) is 5.68. The third-order valence-electron chi connectivity index (χ3n) is 4.69. The number of nitrogens with one attached hydrogen (secondary N) is 4. The van der Waals surface area contributed by atoms with Crippen LogP contribution in [0.4, 0.5) is 32.3 Å². The number of benzene rings is 2. The number of ether oxygens (including phenoxy) is 2. The van der Waals surface area contributed by atoms with Crippen molar-refractivity contribution < 1.29 is 28.7 Å². The van der Waals surface area contributed by atoms with E-state index in [4.69, 9.17) is 9.47 Å². The molecular weight excluding hydrogens is 516 g/mol. The number of carbonyl (C=O) groups is 4. The minimum Gasteiger partial charge on any atom is -0.444 e. The van der Waals surface area contributed by atoms with E-state index in [0.717, 1.165) is 0 Å². The highest BCUT2D eigenvalue weighted by molar-refractivity contribution is 6.05. The highest BCUT2D eigenvalue weighted by atomic mass is 16.6. The van der Waals surface area contributed by atoms with Crippen LogP contribution in [0.3, 0.4) is 0 Å². The van der Waals surface area contributed by atoms with E-state index in [1.165, 1.54) is 12.4 Å². The molecule has 0 saturated heterocycles. The first-order chi connectivity index (χ1) is 18.7. The number of nitrogens with zero attached hydrogens (tertiary/aromatic N) is 2. The zero-order valence-electron chi connectivity index (χ0n) is 23.1. The van der Waals surface area contributed by atoms with E-state index in [-0.39, 0.29) is 11.4 Å². The fourth-order valence-corrected chi connectivity index (χ4v) is 3.07. The lowest BCUT2D eigenvalue weighted by molar-refractivity contribution is 0.0624. The number of anilines is 4. The van der Waals surface area contributed by atoms with Crippen LogP contribution in [0.5, 0.6) is 0 Å². The Hall–Kier alpha value is -5.00. The van der Waals surface area contributed by atoms with Gasteiger partial charge in [-0.1, -0.05) is 0 Å². The van der Waals surface area contributed by atoms with Gasteiger partial charge >= 0.3 is 12.2 Å². The molecule has 3 rings (SSSR count). The molecule has 1 heterocycles. The predicted molar refractivity (Wildman–Crippen MR) is 151 cm³/mol. The number of aromatic nitrogens is 2. The van der Waals surface area contributed by atoms with Crippen LogP contribution in [0.2, 0.25) is 0 Å². The maximum absolute atomic E-state index is 12.5. The number of rotatable bonds is 6. The molecule has 0 spiro atoms. The molecule has 2 aromatic carbocycles. The van der Waals surface area contributed by atoms with Crippen LogP contribution in [0.25, 0.3) is 0 Å². The van der Waals surface area contributed by atoms with E-state index in [1.807, 2.05) is 0 Å². The molecule has 0 radical (unpaired) electrons. The fraction of sp³-hybridized carbons (Fsp3) is 0.286. The lowest BCUT2D eigenvalue weighted by Gasteiger charge is -2.19. The van der Waals surface area contributed by atoms with E-state index in [9.17, 15) is 19.2 Å². The standard InChI is InChI=1S/C28H32N6O6/c1-27(2,3)39-25(37)33-19-11-7-17(8-12-19)31-23(35)21-15-30-22(16-29-21)24(36)32-18-9-13-20(14-10-18)34-26(38)40-28(4,5)6/h7-16H,1-6H3,(H,31,35)(H,32,36)(H,33,37)(H,34,38). The minimum atomic E-state index is -0.622. The van der Waals surface area contributed by atoms with E-state index >= 15 is 0 Å². The molecule has 0 atom stereocenters. The molecule has 1 aromatic heterocycles. The third-order valence-corrected chi connectivity index (χ3v) is 4.69. The monoisotopic (exact) mass is 548 g/mol. The second-order valence-corrected chi connectivity index (χ2v) is 10.6. The minimum absolute atomic E-state index is 0.00470. The van der Waals surface area contributed by atoms with Crippen LogP contribution in [-0.4, -0.2) is 45.2 Å². The quantitative estimate of drug-likeness (QED) is 0.306. The lowest BCUT2D eigenvalue weighted by Crippen LogP contribution is -2.27. The second-order valence-electron chi connectivity index (χ2n) is 10.6. The third kappa shape index (κ3) is 9.71. The first-order valence-electron chi connectivity index (χ1n) is 12.3. The van der Waals surface area contributed by atoms with Gasteiger partial charge < -0.3 is 20.1 Å². The van der Waals surface area contributed by atoms with Crippen molar-refractivity contribution in [1.29, 1.82) is 0 Å². The van der Waals surface area contributed by atoms with Crippen molar-refractivity contribution in [2.24, 2.45) is 0 Å². The zero-order chi connectivity index (χ0) is 29.5. The molecule has 0 unspecified atom stereocenters. The second kappa shape index (κ2) is 12.2. The van der Waals surface area contributed by atoms with Crippen molar-refractivity contribution in [3.8, 4) is 0 Å². The van der Waals surface area contributed by atoms with E-state index in [2.05, 4.69) is 31.2 Å². The molecular formula is C28H32N6O6. The Morgan fingerprint density at radius 2 is 0.800 bits per heavy atom. The Morgan fingerprint density at radius 1 is 0.525 bits per heavy atom. The molecule has 4 N–H and O–H groups in total. The zero-order valence-corrected chi connectivity index (χ0v) is 23.1. The normalized spacial score (nSPS) is 11.2. The Morgan fingerprint density at radius 3 is 1.05 bits per heavy atom. The summed E-state index contributed by atoms with van der Waals surface area (Å²) in [6, 6.07) is 12.9. The van der Waals surface area contributed by atoms with Gasteiger partial charge in [0.2, 0.25) is 0 Å². The molecule has 4 amide bonds. The molecule has 12 nitrogen and oxygen atoms in total. The van der Waals surface area contributed by atoms with Gasteiger partial charge in [-0.15, -0.1) is 0 Å². The summed E-state index contributed by atoms with van der Waals surface area (Å²) in [4.78, 5) is 56.9. The largest absolute Gasteiger partial charge is 0.444 e. The average Bonchev–Trinajstić information content (AvgIpc) is 2.84. The van der Waals surface area contributed by atoms with Crippen LogP contribution in [0.15, 0.2) is 60.9 Å². The molecule has 0 saturated carbocycles. The maximum Gasteiger partial charge on any atom is 0.412 e. The Balaban J connectivity index is 1.52. The van der Waals surface area contributed by atoms with E-state index < -0.39 is 35.2 Å². The van der Waals surface area contributed by atoms with Crippen LogP contribution in [-0.2, 0) is 9.47 Å². The van der Waals surface area contributed by atoms with Gasteiger partial charge in [-0.2, -0.15) is 0 Å². The smallest absolute Gasteiger partial charge is 0.412 e. The van der Waals surface area contributed by atoms with Crippen LogP contribution >= 0.6 is 0 Å². The Bertz CT molecular complexity index is 1250. The van der Waals surface area contributed by atoms with Gasteiger partial charge in [0.25, 0.3) is 11.8 Å². The summed E-state index contributed by atoms with van der Waals surface area (Å²) in [7, 11) is 0. The molecule has 0 aliphatic heterocycles. The Labute approximate surface area is 231 Å². The molecule has 3 aromatic rings. The summed E-state index contributed by atoms with van der Waals surface area (Å²) in [5.74, 6) is -1.05. The SMILES string of the molecule is CC(C)(C)OC(=O)Nc1ccc(NC(=O)c2cnc(C(=O)Nc3ccc(NC(=O)OC(C)(C)C)cc3)cn2)cc1. The van der Waals surface area contributed by atoms with Gasteiger partial charge in [0.05, 0.1) is 12.4 Å². The van der Waals surface area contributed by atoms with E-state index in [1.54, 1.807) is 90.1 Å². The molecule has 0 aliphatic rings. The van der Waals surface area contributed by atoms with Crippen LogP contribution in [0, 0.1) is 0 Å². The lowest BCUT2D eigenvalue weighted by atomic mass is 10.2. The molecule has 0 aliphatic carbocycles. The van der Waals surface area contributed by atoms with Gasteiger partial charge in [0, 0.05) is 22.7 Å². The van der Waals surface area contributed by atoms with Crippen molar-refractivity contribution in [3.63, 3.8) is 0 Å².